The Kier molecular flexibility index (Phi) is 7.36. The molecule has 0 heterocycles. The summed E-state index contributed by atoms with van der Waals surface area (Å²) >= 11 is 6.09. The van der Waals surface area contributed by atoms with Crippen molar-refractivity contribution in [3.8, 4) is 0 Å². The molecule has 0 spiro atoms. The maximum Gasteiger partial charge on any atom is 0.416 e. The van der Waals surface area contributed by atoms with E-state index in [9.17, 15) is 22.4 Å². The second kappa shape index (κ2) is 10.3. The second-order valence-electron chi connectivity index (χ2n) is 8.88. The number of halogens is 5. The molecule has 4 rings (SSSR count). The standard InChI is InChI=1S/C27H25ClF4N2O/c28-22-12-10-19(11-13-22)26(17-18-6-2-1-3-7-18,34-25(35)33-24-8-4-5-9-24)20-14-21(27(30,31)32)16-23(29)15-20/h1-3,6-7,10-16,24H,4-5,8-9,17H2,(H2,33,34,35)/t26-/m1/s1. The highest BCUT2D eigenvalue weighted by atomic mass is 35.5. The number of benzene rings is 3. The minimum absolute atomic E-state index is 0.0161. The largest absolute Gasteiger partial charge is 0.416 e. The molecule has 3 aromatic rings. The van der Waals surface area contributed by atoms with Crippen LogP contribution in [0.2, 0.25) is 5.02 Å². The number of nitrogens with one attached hydrogen (secondary N) is 2. The minimum atomic E-state index is -4.76. The lowest BCUT2D eigenvalue weighted by Gasteiger charge is -2.37. The molecule has 8 heteroatoms. The van der Waals surface area contributed by atoms with Gasteiger partial charge < -0.3 is 10.6 Å². The van der Waals surface area contributed by atoms with Crippen LogP contribution >= 0.6 is 11.6 Å². The van der Waals surface area contributed by atoms with Crippen molar-refractivity contribution in [1.82, 2.24) is 10.6 Å². The normalized spacial score (nSPS) is 16.0. The molecule has 3 aromatic carbocycles. The first-order valence-electron chi connectivity index (χ1n) is 11.4. The Bertz CT molecular complexity index is 1160. The molecule has 0 aliphatic heterocycles. The van der Waals surface area contributed by atoms with Gasteiger partial charge in [-0.3, -0.25) is 0 Å². The highest BCUT2D eigenvalue weighted by molar-refractivity contribution is 6.30. The van der Waals surface area contributed by atoms with E-state index < -0.39 is 29.1 Å². The van der Waals surface area contributed by atoms with Crippen molar-refractivity contribution in [3.63, 3.8) is 0 Å². The summed E-state index contributed by atoms with van der Waals surface area (Å²) < 4.78 is 55.6. The molecule has 1 aliphatic rings. The SMILES string of the molecule is O=C(NC1CCCC1)N[C@](Cc1ccccc1)(c1ccc(Cl)cc1)c1cc(F)cc(C(F)(F)F)c1. The first kappa shape index (κ1) is 25.0. The highest BCUT2D eigenvalue weighted by Crippen LogP contribution is 2.38. The van der Waals surface area contributed by atoms with Crippen molar-refractivity contribution < 1.29 is 22.4 Å². The Hall–Kier alpha value is -3.06. The molecule has 1 atom stereocenters. The molecule has 1 saturated carbocycles. The molecule has 0 unspecified atom stereocenters. The molecule has 35 heavy (non-hydrogen) atoms. The maximum atomic E-state index is 14.6. The summed E-state index contributed by atoms with van der Waals surface area (Å²) in [6.07, 6.45) is -1.02. The fraction of sp³-hybridized carbons (Fsp3) is 0.296. The van der Waals surface area contributed by atoms with Gasteiger partial charge in [0.15, 0.2) is 0 Å². The van der Waals surface area contributed by atoms with Crippen LogP contribution in [0.5, 0.6) is 0 Å². The van der Waals surface area contributed by atoms with Gasteiger partial charge in [0.25, 0.3) is 0 Å². The maximum absolute atomic E-state index is 14.6. The topological polar surface area (TPSA) is 41.1 Å². The summed E-state index contributed by atoms with van der Waals surface area (Å²) in [6.45, 7) is 0. The lowest BCUT2D eigenvalue weighted by atomic mass is 9.77. The van der Waals surface area contributed by atoms with E-state index in [1.807, 2.05) is 18.2 Å². The Balaban J connectivity index is 1.89. The predicted octanol–water partition coefficient (Wildman–Crippen LogP) is 7.23. The zero-order chi connectivity index (χ0) is 25.1. The van der Waals surface area contributed by atoms with Gasteiger partial charge in [0.1, 0.15) is 5.82 Å². The highest BCUT2D eigenvalue weighted by Gasteiger charge is 2.40. The summed E-state index contributed by atoms with van der Waals surface area (Å²) in [6, 6.07) is 17.4. The molecular weight excluding hydrogens is 480 g/mol. The molecule has 184 valence electrons. The molecule has 0 bridgehead atoms. The zero-order valence-electron chi connectivity index (χ0n) is 18.8. The summed E-state index contributed by atoms with van der Waals surface area (Å²) in [7, 11) is 0. The average molecular weight is 505 g/mol. The van der Waals surface area contributed by atoms with Crippen LogP contribution in [0.15, 0.2) is 72.8 Å². The van der Waals surface area contributed by atoms with Gasteiger partial charge in [-0.15, -0.1) is 0 Å². The number of amides is 2. The summed E-state index contributed by atoms with van der Waals surface area (Å²) in [5, 5.41) is 6.30. The first-order valence-corrected chi connectivity index (χ1v) is 11.8. The van der Waals surface area contributed by atoms with Crippen molar-refractivity contribution in [2.45, 2.75) is 49.9 Å². The fourth-order valence-corrected chi connectivity index (χ4v) is 4.81. The third-order valence-corrected chi connectivity index (χ3v) is 6.64. The third kappa shape index (κ3) is 5.96. The van der Waals surface area contributed by atoms with Gasteiger partial charge in [0.05, 0.1) is 11.1 Å². The van der Waals surface area contributed by atoms with E-state index >= 15 is 0 Å². The monoisotopic (exact) mass is 504 g/mol. The van der Waals surface area contributed by atoms with Crippen molar-refractivity contribution in [3.05, 3.63) is 106 Å². The molecule has 2 N–H and O–H groups in total. The number of hydrogen-bond acceptors (Lipinski definition) is 1. The molecule has 3 nitrogen and oxygen atoms in total. The number of hydrogen-bond donors (Lipinski definition) is 2. The van der Waals surface area contributed by atoms with Gasteiger partial charge in [-0.05, 0) is 59.9 Å². The Morgan fingerprint density at radius 2 is 1.51 bits per heavy atom. The molecule has 1 aliphatic carbocycles. The van der Waals surface area contributed by atoms with Gasteiger partial charge in [-0.1, -0.05) is 66.9 Å². The van der Waals surface area contributed by atoms with Gasteiger partial charge in [-0.25, -0.2) is 9.18 Å². The van der Waals surface area contributed by atoms with Crippen LogP contribution in [-0.2, 0) is 18.1 Å². The van der Waals surface area contributed by atoms with Crippen LogP contribution in [-0.4, -0.2) is 12.1 Å². The fourth-order valence-electron chi connectivity index (χ4n) is 4.68. The number of carbonyl (C=O) groups is 1. The van der Waals surface area contributed by atoms with Crippen LogP contribution in [0.4, 0.5) is 22.4 Å². The van der Waals surface area contributed by atoms with Crippen LogP contribution in [0.1, 0.15) is 47.9 Å². The van der Waals surface area contributed by atoms with Gasteiger partial charge in [0, 0.05) is 17.5 Å². The van der Waals surface area contributed by atoms with E-state index in [0.717, 1.165) is 43.4 Å². The molecule has 0 saturated heterocycles. The predicted molar refractivity (Wildman–Crippen MR) is 128 cm³/mol. The van der Waals surface area contributed by atoms with Crippen LogP contribution in [0, 0.1) is 5.82 Å². The average Bonchev–Trinajstić information content (AvgIpc) is 3.31. The van der Waals surface area contributed by atoms with Crippen molar-refractivity contribution >= 4 is 17.6 Å². The van der Waals surface area contributed by atoms with Crippen LogP contribution in [0.3, 0.4) is 0 Å². The third-order valence-electron chi connectivity index (χ3n) is 6.38. The first-order chi connectivity index (χ1) is 16.7. The lowest BCUT2D eigenvalue weighted by molar-refractivity contribution is -0.137. The Morgan fingerprint density at radius 1 is 0.886 bits per heavy atom. The molecule has 1 fully saturated rings. The van der Waals surface area contributed by atoms with Crippen LogP contribution < -0.4 is 10.6 Å². The smallest absolute Gasteiger partial charge is 0.335 e. The minimum Gasteiger partial charge on any atom is -0.335 e. The Morgan fingerprint density at radius 3 is 2.14 bits per heavy atom. The zero-order valence-corrected chi connectivity index (χ0v) is 19.6. The summed E-state index contributed by atoms with van der Waals surface area (Å²) in [5.74, 6) is -1.04. The number of rotatable bonds is 6. The van der Waals surface area contributed by atoms with E-state index in [2.05, 4.69) is 10.6 Å². The van der Waals surface area contributed by atoms with Crippen molar-refractivity contribution in [2.24, 2.45) is 0 Å². The van der Waals surface area contributed by atoms with E-state index in [4.69, 9.17) is 11.6 Å². The quantitative estimate of drug-likeness (QED) is 0.342. The van der Waals surface area contributed by atoms with Crippen LogP contribution in [0.25, 0.3) is 0 Å². The van der Waals surface area contributed by atoms with E-state index in [0.29, 0.717) is 16.7 Å². The van der Waals surface area contributed by atoms with Crippen molar-refractivity contribution in [1.29, 1.82) is 0 Å². The molecule has 0 radical (unpaired) electrons. The number of urea groups is 1. The van der Waals surface area contributed by atoms with E-state index in [1.54, 1.807) is 36.4 Å². The summed E-state index contributed by atoms with van der Waals surface area (Å²) in [4.78, 5) is 13.2. The van der Waals surface area contributed by atoms with Gasteiger partial charge >= 0.3 is 12.2 Å². The van der Waals surface area contributed by atoms with E-state index in [-0.39, 0.29) is 18.0 Å². The van der Waals surface area contributed by atoms with Gasteiger partial charge in [0.2, 0.25) is 0 Å². The van der Waals surface area contributed by atoms with Crippen molar-refractivity contribution in [2.75, 3.05) is 0 Å². The molecule has 2 amide bonds. The lowest BCUT2D eigenvalue weighted by Crippen LogP contribution is -2.53. The second-order valence-corrected chi connectivity index (χ2v) is 9.32. The Labute approximate surface area is 206 Å². The number of carbonyl (C=O) groups excluding carboxylic acids is 1. The number of alkyl halides is 3. The molecule has 0 aromatic heterocycles. The summed E-state index contributed by atoms with van der Waals surface area (Å²) in [5.41, 5.74) is -1.42. The molecular formula is C27H25ClF4N2O. The van der Waals surface area contributed by atoms with E-state index in [1.165, 1.54) is 0 Å². The van der Waals surface area contributed by atoms with Gasteiger partial charge in [-0.2, -0.15) is 13.2 Å².